The van der Waals surface area contributed by atoms with E-state index in [0.717, 1.165) is 19.6 Å². The molecule has 1 amide bonds. The highest BCUT2D eigenvalue weighted by Gasteiger charge is 2.67. The van der Waals surface area contributed by atoms with Gasteiger partial charge in [0.25, 0.3) is 0 Å². The first kappa shape index (κ1) is 17.8. The van der Waals surface area contributed by atoms with Gasteiger partial charge in [-0.1, -0.05) is 30.3 Å². The largest absolute Gasteiger partial charge is 0.394 e. The van der Waals surface area contributed by atoms with Crippen LogP contribution in [0.1, 0.15) is 36.3 Å². The van der Waals surface area contributed by atoms with E-state index in [0.29, 0.717) is 12.3 Å². The topological polar surface area (TPSA) is 56.7 Å². The minimum Gasteiger partial charge on any atom is -0.394 e. The molecule has 0 unspecified atom stereocenters. The van der Waals surface area contributed by atoms with Crippen molar-refractivity contribution in [1.29, 1.82) is 0 Å². The zero-order valence-electron chi connectivity index (χ0n) is 16.1. The van der Waals surface area contributed by atoms with Crippen molar-refractivity contribution in [3.8, 4) is 0 Å². The van der Waals surface area contributed by atoms with E-state index < -0.39 is 0 Å². The monoisotopic (exact) mass is 377 g/mol. The summed E-state index contributed by atoms with van der Waals surface area (Å²) in [6, 6.07) is 14.4. The van der Waals surface area contributed by atoms with E-state index in [1.54, 1.807) is 0 Å². The fourth-order valence-corrected chi connectivity index (χ4v) is 5.32. The average Bonchev–Trinajstić information content (AvgIpc) is 3.48. The Hall–Kier alpha value is -2.24. The van der Waals surface area contributed by atoms with Crippen LogP contribution in [0.4, 0.5) is 0 Å². The Morgan fingerprint density at radius 3 is 2.46 bits per heavy atom. The van der Waals surface area contributed by atoms with Gasteiger partial charge in [0, 0.05) is 44.4 Å². The van der Waals surface area contributed by atoms with Crippen molar-refractivity contribution in [3.63, 3.8) is 0 Å². The predicted molar refractivity (Wildman–Crippen MR) is 106 cm³/mol. The minimum absolute atomic E-state index is 0.0298. The van der Waals surface area contributed by atoms with Gasteiger partial charge in [-0.15, -0.1) is 0 Å². The van der Waals surface area contributed by atoms with E-state index in [9.17, 15) is 9.90 Å². The molecule has 1 N–H and O–H groups in total. The summed E-state index contributed by atoms with van der Waals surface area (Å²) in [6.45, 7) is 2.63. The number of amides is 1. The van der Waals surface area contributed by atoms with E-state index >= 15 is 0 Å². The average molecular weight is 377 g/mol. The minimum atomic E-state index is -0.173. The first-order chi connectivity index (χ1) is 13.7. The van der Waals surface area contributed by atoms with Gasteiger partial charge in [-0.3, -0.25) is 14.7 Å². The number of carbonyl (C=O) groups is 1. The summed E-state index contributed by atoms with van der Waals surface area (Å²) in [5, 5.41) is 10.1. The molecule has 3 aliphatic rings. The first-order valence-electron chi connectivity index (χ1n) is 10.3. The summed E-state index contributed by atoms with van der Waals surface area (Å²) in [4.78, 5) is 21.6. The SMILES string of the molecule is O=C(CC1CC1)N1[C@H](CO)[C@@H](c2ccccc2)C12CN(Cc1ccncc1)C2. The summed E-state index contributed by atoms with van der Waals surface area (Å²) < 4.78 is 0. The lowest BCUT2D eigenvalue weighted by Crippen LogP contribution is -2.85. The molecule has 3 fully saturated rings. The van der Waals surface area contributed by atoms with Gasteiger partial charge in [-0.25, -0.2) is 0 Å². The van der Waals surface area contributed by atoms with Crippen molar-refractivity contribution in [1.82, 2.24) is 14.8 Å². The number of hydrogen-bond donors (Lipinski definition) is 1. The molecular weight excluding hydrogens is 350 g/mol. The van der Waals surface area contributed by atoms with Crippen molar-refractivity contribution in [3.05, 3.63) is 66.0 Å². The fourth-order valence-electron chi connectivity index (χ4n) is 5.32. The quantitative estimate of drug-likeness (QED) is 0.840. The molecule has 28 heavy (non-hydrogen) atoms. The molecule has 1 aromatic carbocycles. The number of carbonyl (C=O) groups excluding carboxylic acids is 1. The molecule has 2 saturated heterocycles. The van der Waals surface area contributed by atoms with Crippen LogP contribution in [0.15, 0.2) is 54.9 Å². The molecule has 146 valence electrons. The summed E-state index contributed by atoms with van der Waals surface area (Å²) in [7, 11) is 0. The van der Waals surface area contributed by atoms with Gasteiger partial charge < -0.3 is 10.0 Å². The molecule has 5 nitrogen and oxygen atoms in total. The number of nitrogens with zero attached hydrogens (tertiary/aromatic N) is 3. The van der Waals surface area contributed by atoms with Crippen molar-refractivity contribution < 1.29 is 9.90 Å². The van der Waals surface area contributed by atoms with E-state index in [1.807, 2.05) is 35.5 Å². The maximum atomic E-state index is 13.1. The van der Waals surface area contributed by atoms with Gasteiger partial charge in [0.05, 0.1) is 18.2 Å². The van der Waals surface area contributed by atoms with Gasteiger partial charge in [0.1, 0.15) is 0 Å². The molecule has 5 heteroatoms. The molecule has 1 spiro atoms. The third kappa shape index (κ3) is 2.93. The highest BCUT2D eigenvalue weighted by atomic mass is 16.3. The molecule has 1 aromatic heterocycles. The van der Waals surface area contributed by atoms with Crippen LogP contribution in [0.25, 0.3) is 0 Å². The smallest absolute Gasteiger partial charge is 0.223 e. The van der Waals surface area contributed by atoms with Crippen molar-refractivity contribution in [2.45, 2.75) is 43.3 Å². The number of likely N-dealkylation sites (tertiary alicyclic amines) is 2. The summed E-state index contributed by atoms with van der Waals surface area (Å²) in [5.41, 5.74) is 2.31. The molecule has 2 aliphatic heterocycles. The third-order valence-electron chi connectivity index (χ3n) is 6.70. The number of rotatable bonds is 6. The van der Waals surface area contributed by atoms with E-state index in [2.05, 4.69) is 34.1 Å². The Kier molecular flexibility index (Phi) is 4.44. The van der Waals surface area contributed by atoms with Crippen LogP contribution in [-0.4, -0.2) is 57.1 Å². The maximum Gasteiger partial charge on any atom is 0.223 e. The summed E-state index contributed by atoms with van der Waals surface area (Å²) in [5.74, 6) is 1.00. The Bertz CT molecular complexity index is 831. The Morgan fingerprint density at radius 2 is 1.82 bits per heavy atom. The number of hydrogen-bond acceptors (Lipinski definition) is 4. The molecule has 0 radical (unpaired) electrons. The highest BCUT2D eigenvalue weighted by molar-refractivity contribution is 5.80. The standard InChI is InChI=1S/C23H27N3O2/c27-14-20-22(19-4-2-1-3-5-19)23(26(20)21(28)12-17-6-7-17)15-25(16-23)13-18-8-10-24-11-9-18/h1-5,8-11,17,20,22,27H,6-7,12-16H2/t20-,22-/m1/s1. The van der Waals surface area contributed by atoms with Crippen LogP contribution < -0.4 is 0 Å². The van der Waals surface area contributed by atoms with E-state index in [-0.39, 0.29) is 30.0 Å². The second-order valence-corrected chi connectivity index (χ2v) is 8.65. The highest BCUT2D eigenvalue weighted by Crippen LogP contribution is 2.54. The molecule has 0 bridgehead atoms. The lowest BCUT2D eigenvalue weighted by molar-refractivity contribution is -0.202. The van der Waals surface area contributed by atoms with Crippen LogP contribution >= 0.6 is 0 Å². The van der Waals surface area contributed by atoms with Crippen LogP contribution in [0.2, 0.25) is 0 Å². The number of benzene rings is 1. The lowest BCUT2D eigenvalue weighted by Gasteiger charge is -2.70. The van der Waals surface area contributed by atoms with Crippen LogP contribution in [0, 0.1) is 5.92 Å². The first-order valence-corrected chi connectivity index (χ1v) is 10.3. The molecular formula is C23H27N3O2. The van der Waals surface area contributed by atoms with Gasteiger partial charge in [-0.05, 0) is 42.0 Å². The molecule has 1 saturated carbocycles. The fraction of sp³-hybridized carbons (Fsp3) is 0.478. The predicted octanol–water partition coefficient (Wildman–Crippen LogP) is 2.42. The van der Waals surface area contributed by atoms with Crippen LogP contribution in [0.5, 0.6) is 0 Å². The molecule has 1 aliphatic carbocycles. The molecule has 5 rings (SSSR count). The van der Waals surface area contributed by atoms with Gasteiger partial charge in [-0.2, -0.15) is 0 Å². The number of aliphatic hydroxyl groups excluding tert-OH is 1. The number of aliphatic hydroxyl groups is 1. The van der Waals surface area contributed by atoms with E-state index in [1.165, 1.54) is 24.0 Å². The third-order valence-corrected chi connectivity index (χ3v) is 6.70. The second kappa shape index (κ2) is 6.98. The Labute approximate surface area is 166 Å². The zero-order valence-corrected chi connectivity index (χ0v) is 16.1. The summed E-state index contributed by atoms with van der Waals surface area (Å²) >= 11 is 0. The van der Waals surface area contributed by atoms with Crippen LogP contribution in [0.3, 0.4) is 0 Å². The second-order valence-electron chi connectivity index (χ2n) is 8.65. The molecule has 2 atom stereocenters. The van der Waals surface area contributed by atoms with Gasteiger partial charge in [0.2, 0.25) is 5.91 Å². The van der Waals surface area contributed by atoms with Crippen LogP contribution in [-0.2, 0) is 11.3 Å². The van der Waals surface area contributed by atoms with Gasteiger partial charge in [0.15, 0.2) is 0 Å². The summed E-state index contributed by atoms with van der Waals surface area (Å²) in [6.07, 6.45) is 6.64. The normalized spacial score (nSPS) is 26.0. The maximum absolute atomic E-state index is 13.1. The Balaban J connectivity index is 1.38. The molecule has 2 aromatic rings. The molecule has 3 heterocycles. The number of pyridine rings is 1. The van der Waals surface area contributed by atoms with Gasteiger partial charge >= 0.3 is 0 Å². The lowest BCUT2D eigenvalue weighted by atomic mass is 9.60. The number of aromatic nitrogens is 1. The van der Waals surface area contributed by atoms with Crippen molar-refractivity contribution >= 4 is 5.91 Å². The van der Waals surface area contributed by atoms with Crippen molar-refractivity contribution in [2.75, 3.05) is 19.7 Å². The van der Waals surface area contributed by atoms with Crippen molar-refractivity contribution in [2.24, 2.45) is 5.92 Å². The Morgan fingerprint density at radius 1 is 1.11 bits per heavy atom. The zero-order chi connectivity index (χ0) is 19.1. The van der Waals surface area contributed by atoms with E-state index in [4.69, 9.17) is 0 Å².